The van der Waals surface area contributed by atoms with Crippen molar-refractivity contribution in [2.75, 3.05) is 5.32 Å². The maximum absolute atomic E-state index is 13.9. The summed E-state index contributed by atoms with van der Waals surface area (Å²) in [5.74, 6) is 2.52. The van der Waals surface area contributed by atoms with E-state index in [-0.39, 0.29) is 17.4 Å². The van der Waals surface area contributed by atoms with Crippen LogP contribution in [0.5, 0.6) is 0 Å². The lowest BCUT2D eigenvalue weighted by Gasteiger charge is -2.56. The van der Waals surface area contributed by atoms with E-state index in [1.165, 1.54) is 25.3 Å². The van der Waals surface area contributed by atoms with Crippen molar-refractivity contribution in [2.45, 2.75) is 50.6 Å². The number of hydrogen-bond acceptors (Lipinski definition) is 2. The van der Waals surface area contributed by atoms with Gasteiger partial charge in [-0.1, -0.05) is 18.2 Å². The molecule has 0 radical (unpaired) electrons. The number of carbonyl (C=O) groups excluding carboxylic acids is 1. The van der Waals surface area contributed by atoms with Crippen molar-refractivity contribution in [1.29, 1.82) is 0 Å². The number of amides is 2. The third-order valence-electron chi connectivity index (χ3n) is 6.66. The highest BCUT2D eigenvalue weighted by Gasteiger charge is 2.51. The number of hydrogen-bond donors (Lipinski definition) is 2. The summed E-state index contributed by atoms with van der Waals surface area (Å²) in [6, 6.07) is 6.44. The van der Waals surface area contributed by atoms with Crippen molar-refractivity contribution in [3.63, 3.8) is 0 Å². The quantitative estimate of drug-likeness (QED) is 0.699. The van der Waals surface area contributed by atoms with Crippen LogP contribution in [0.1, 0.15) is 44.1 Å². The minimum atomic E-state index is -0.261. The average molecular weight is 447 g/mol. The van der Waals surface area contributed by atoms with Crippen LogP contribution in [-0.4, -0.2) is 21.4 Å². The summed E-state index contributed by atoms with van der Waals surface area (Å²) < 4.78 is 16.2. The zero-order valence-corrected chi connectivity index (χ0v) is 17.2. The van der Waals surface area contributed by atoms with Gasteiger partial charge in [0.05, 0.1) is 11.0 Å². The van der Waals surface area contributed by atoms with Crippen LogP contribution in [0.3, 0.4) is 0 Å². The van der Waals surface area contributed by atoms with E-state index in [0.29, 0.717) is 22.4 Å². The highest BCUT2D eigenvalue weighted by Crippen LogP contribution is 2.55. The fourth-order valence-electron chi connectivity index (χ4n) is 6.01. The van der Waals surface area contributed by atoms with E-state index in [2.05, 4.69) is 31.7 Å². The number of carbonyl (C=O) groups is 1. The maximum atomic E-state index is 13.9. The number of benzene rings is 1. The number of anilines is 1. The van der Waals surface area contributed by atoms with E-state index < -0.39 is 0 Å². The van der Waals surface area contributed by atoms with Crippen LogP contribution in [-0.2, 0) is 6.54 Å². The SMILES string of the molecule is O=C(Nc1nn(Cc2ccccc2F)cc1Br)NC12CC3CC(CC(C3)C1)C2. The van der Waals surface area contributed by atoms with E-state index in [9.17, 15) is 9.18 Å². The van der Waals surface area contributed by atoms with Crippen LogP contribution < -0.4 is 10.6 Å². The summed E-state index contributed by atoms with van der Waals surface area (Å²) >= 11 is 3.45. The molecule has 6 rings (SSSR count). The molecule has 28 heavy (non-hydrogen) atoms. The molecule has 1 heterocycles. The van der Waals surface area contributed by atoms with Crippen molar-refractivity contribution in [2.24, 2.45) is 17.8 Å². The molecule has 4 fully saturated rings. The molecule has 5 nitrogen and oxygen atoms in total. The molecule has 0 unspecified atom stereocenters. The van der Waals surface area contributed by atoms with Gasteiger partial charge in [0.25, 0.3) is 0 Å². The maximum Gasteiger partial charge on any atom is 0.320 e. The zero-order chi connectivity index (χ0) is 19.3. The number of urea groups is 1. The molecule has 1 aromatic heterocycles. The van der Waals surface area contributed by atoms with Gasteiger partial charge in [-0.2, -0.15) is 5.10 Å². The summed E-state index contributed by atoms with van der Waals surface area (Å²) in [6.45, 7) is 0.309. The Balaban J connectivity index is 1.26. The molecular weight excluding hydrogens is 423 g/mol. The largest absolute Gasteiger partial charge is 0.332 e. The Hall–Kier alpha value is -1.89. The molecule has 1 aromatic carbocycles. The molecule has 4 bridgehead atoms. The molecule has 0 spiro atoms. The van der Waals surface area contributed by atoms with Crippen molar-refractivity contribution >= 4 is 27.8 Å². The first-order valence-electron chi connectivity index (χ1n) is 10.0. The molecule has 2 N–H and O–H groups in total. The smallest absolute Gasteiger partial charge is 0.320 e. The fraction of sp³-hybridized carbons (Fsp3) is 0.524. The number of nitrogens with one attached hydrogen (secondary N) is 2. The summed E-state index contributed by atoms with van der Waals surface area (Å²) in [5.41, 5.74) is 0.517. The third kappa shape index (κ3) is 3.45. The number of halogens is 2. The van der Waals surface area contributed by atoms with Crippen molar-refractivity contribution in [3.8, 4) is 0 Å². The van der Waals surface area contributed by atoms with Gasteiger partial charge < -0.3 is 5.32 Å². The Bertz CT molecular complexity index is 876. The standard InChI is InChI=1S/C21H24BrFN4O/c22-17-12-27(11-16-3-1-2-4-18(16)23)26-19(17)24-20(28)25-21-8-13-5-14(9-21)7-15(6-13)10-21/h1-4,12-15H,5-11H2,(H2,24,25,26,28). The molecule has 0 saturated heterocycles. The van der Waals surface area contributed by atoms with Crippen LogP contribution in [0.4, 0.5) is 15.0 Å². The van der Waals surface area contributed by atoms with Crippen LogP contribution in [0.2, 0.25) is 0 Å². The Morgan fingerprint density at radius 3 is 2.46 bits per heavy atom. The lowest BCUT2D eigenvalue weighted by molar-refractivity contribution is -0.0127. The van der Waals surface area contributed by atoms with Crippen LogP contribution in [0, 0.1) is 23.6 Å². The fourth-order valence-corrected chi connectivity index (χ4v) is 6.42. The molecule has 0 atom stereocenters. The Morgan fingerprint density at radius 1 is 1.18 bits per heavy atom. The second kappa shape index (κ2) is 6.87. The number of nitrogens with zero attached hydrogens (tertiary/aromatic N) is 2. The Morgan fingerprint density at radius 2 is 1.82 bits per heavy atom. The molecule has 2 aromatic rings. The average Bonchev–Trinajstić information content (AvgIpc) is 2.94. The van der Waals surface area contributed by atoms with E-state index in [1.54, 1.807) is 29.1 Å². The molecular formula is C21H24BrFN4O. The first kappa shape index (κ1) is 18.2. The predicted molar refractivity (Wildman–Crippen MR) is 108 cm³/mol. The first-order chi connectivity index (χ1) is 13.5. The number of aromatic nitrogens is 2. The topological polar surface area (TPSA) is 59.0 Å². The summed E-state index contributed by atoms with van der Waals surface area (Å²) in [7, 11) is 0. The summed E-state index contributed by atoms with van der Waals surface area (Å²) in [6.07, 6.45) is 9.10. The normalized spacial score (nSPS) is 30.4. The molecule has 148 valence electrons. The van der Waals surface area contributed by atoms with Gasteiger partial charge in [-0.15, -0.1) is 0 Å². The molecule has 4 aliphatic carbocycles. The monoisotopic (exact) mass is 446 g/mol. The van der Waals surface area contributed by atoms with Gasteiger partial charge in [0.2, 0.25) is 0 Å². The third-order valence-corrected chi connectivity index (χ3v) is 7.24. The van der Waals surface area contributed by atoms with Gasteiger partial charge in [-0.25, -0.2) is 9.18 Å². The highest BCUT2D eigenvalue weighted by atomic mass is 79.9. The van der Waals surface area contributed by atoms with Crippen molar-refractivity contribution in [3.05, 3.63) is 46.3 Å². The number of rotatable bonds is 4. The van der Waals surface area contributed by atoms with Gasteiger partial charge >= 0.3 is 6.03 Å². The molecule has 4 aliphatic rings. The Labute approximate surface area is 172 Å². The second-order valence-electron chi connectivity index (χ2n) is 8.89. The molecule has 0 aliphatic heterocycles. The summed E-state index contributed by atoms with van der Waals surface area (Å²) in [5, 5.41) is 10.6. The Kier molecular flexibility index (Phi) is 4.45. The van der Waals surface area contributed by atoms with Crippen LogP contribution in [0.25, 0.3) is 0 Å². The van der Waals surface area contributed by atoms with E-state index in [4.69, 9.17) is 0 Å². The van der Waals surface area contributed by atoms with Crippen molar-refractivity contribution in [1.82, 2.24) is 15.1 Å². The minimum absolute atomic E-state index is 0.0406. The lowest BCUT2D eigenvalue weighted by Crippen LogP contribution is -2.60. The molecule has 7 heteroatoms. The van der Waals surface area contributed by atoms with Gasteiger partial charge in [0.1, 0.15) is 5.82 Å². The van der Waals surface area contributed by atoms with E-state index >= 15 is 0 Å². The van der Waals surface area contributed by atoms with E-state index in [0.717, 1.165) is 37.0 Å². The van der Waals surface area contributed by atoms with Crippen molar-refractivity contribution < 1.29 is 9.18 Å². The van der Waals surface area contributed by atoms with Crippen LogP contribution in [0.15, 0.2) is 34.9 Å². The lowest BCUT2D eigenvalue weighted by atomic mass is 9.53. The summed E-state index contributed by atoms with van der Waals surface area (Å²) in [4.78, 5) is 12.7. The predicted octanol–water partition coefficient (Wildman–Crippen LogP) is 4.92. The minimum Gasteiger partial charge on any atom is -0.332 e. The van der Waals surface area contributed by atoms with Gasteiger partial charge in [0, 0.05) is 17.3 Å². The van der Waals surface area contributed by atoms with Gasteiger partial charge in [0.15, 0.2) is 5.82 Å². The zero-order valence-electron chi connectivity index (χ0n) is 15.6. The van der Waals surface area contributed by atoms with Gasteiger partial charge in [-0.05, 0) is 78.3 Å². The second-order valence-corrected chi connectivity index (χ2v) is 9.75. The molecule has 4 saturated carbocycles. The van der Waals surface area contributed by atoms with Crippen LogP contribution >= 0.6 is 15.9 Å². The van der Waals surface area contributed by atoms with E-state index in [1.807, 2.05) is 0 Å². The molecule has 2 amide bonds. The van der Waals surface area contributed by atoms with Gasteiger partial charge in [-0.3, -0.25) is 10.00 Å². The first-order valence-corrected chi connectivity index (χ1v) is 10.8. The highest BCUT2D eigenvalue weighted by molar-refractivity contribution is 9.10.